The van der Waals surface area contributed by atoms with Gasteiger partial charge < -0.3 is 0 Å². The first-order valence-electron chi connectivity index (χ1n) is 13.8. The van der Waals surface area contributed by atoms with Crippen molar-refractivity contribution < 1.29 is 9.59 Å². The van der Waals surface area contributed by atoms with E-state index in [1.54, 1.807) is 0 Å². The zero-order chi connectivity index (χ0) is 28.6. The smallest absolute Gasteiger partial charge is 0.190 e. The summed E-state index contributed by atoms with van der Waals surface area (Å²) in [6.45, 7) is 25.7. The third-order valence-corrected chi connectivity index (χ3v) is 7.71. The largest absolute Gasteiger partial charge is 0.289 e. The van der Waals surface area contributed by atoms with Crippen LogP contribution in [0.2, 0.25) is 0 Å². The van der Waals surface area contributed by atoms with Crippen molar-refractivity contribution in [1.82, 2.24) is 0 Å². The highest BCUT2D eigenvalue weighted by molar-refractivity contribution is 6.38. The van der Waals surface area contributed by atoms with Crippen LogP contribution in [-0.2, 0) is 20.4 Å². The number of Topliss-reactive ketones (excluding diaryl/α,β-unsaturated/α-hetero) is 2. The molecule has 0 N–H and O–H groups in total. The highest BCUT2D eigenvalue weighted by Crippen LogP contribution is 2.35. The Bertz CT molecular complexity index is 1520. The maximum Gasteiger partial charge on any atom is 0.190 e. The Morgan fingerprint density at radius 3 is 1.03 bits per heavy atom. The molecule has 0 aromatic heterocycles. The summed E-state index contributed by atoms with van der Waals surface area (Å²) >= 11 is 0. The second kappa shape index (κ2) is 8.76. The number of carbonyl (C=O) groups is 2. The number of hydrogen-bond donors (Lipinski definition) is 0. The molecule has 2 nitrogen and oxygen atoms in total. The Morgan fingerprint density at radius 1 is 0.447 bits per heavy atom. The predicted molar refractivity (Wildman–Crippen MR) is 160 cm³/mol. The molecule has 0 aliphatic heterocycles. The lowest BCUT2D eigenvalue weighted by molar-refractivity contribution is -0.113. The van der Waals surface area contributed by atoms with Crippen LogP contribution in [0.15, 0.2) is 47.5 Å². The van der Waals surface area contributed by atoms with Gasteiger partial charge in [-0.1, -0.05) is 119 Å². The Kier molecular flexibility index (Phi) is 6.46. The van der Waals surface area contributed by atoms with Crippen molar-refractivity contribution in [2.75, 3.05) is 0 Å². The zero-order valence-electron chi connectivity index (χ0n) is 25.4. The molecular formula is C36H44O2. The van der Waals surface area contributed by atoms with Gasteiger partial charge in [-0.2, -0.15) is 0 Å². The van der Waals surface area contributed by atoms with Crippen molar-refractivity contribution in [3.05, 3.63) is 79.5 Å². The third kappa shape index (κ3) is 4.91. The maximum absolute atomic E-state index is 14.2. The van der Waals surface area contributed by atoms with Gasteiger partial charge in [-0.25, -0.2) is 0 Å². The van der Waals surface area contributed by atoms with E-state index in [9.17, 15) is 9.59 Å². The molecule has 0 atom stereocenters. The molecule has 0 unspecified atom stereocenters. The van der Waals surface area contributed by atoms with Crippen molar-refractivity contribution in [3.8, 4) is 0 Å². The molecule has 2 aliphatic carbocycles. The number of fused-ring (bicyclic) bond motifs is 2. The summed E-state index contributed by atoms with van der Waals surface area (Å²) in [4.78, 5) is 28.5. The lowest BCUT2D eigenvalue weighted by Crippen LogP contribution is -2.42. The van der Waals surface area contributed by atoms with Gasteiger partial charge in [0.05, 0.1) is 0 Å². The van der Waals surface area contributed by atoms with Gasteiger partial charge in [0.1, 0.15) is 0 Å². The van der Waals surface area contributed by atoms with E-state index in [1.807, 2.05) is 12.2 Å². The predicted octanol–water partition coefficient (Wildman–Crippen LogP) is 5.40. The van der Waals surface area contributed by atoms with Crippen LogP contribution in [0.1, 0.15) is 94.2 Å². The van der Waals surface area contributed by atoms with Gasteiger partial charge in [0.15, 0.2) is 11.6 Å². The first-order chi connectivity index (χ1) is 17.2. The molecule has 0 bridgehead atoms. The topological polar surface area (TPSA) is 34.1 Å². The fraction of sp³-hybridized carbons (Fsp3) is 0.444. The van der Waals surface area contributed by atoms with E-state index >= 15 is 0 Å². The molecular weight excluding hydrogens is 464 g/mol. The van der Waals surface area contributed by atoms with Gasteiger partial charge >= 0.3 is 0 Å². The fourth-order valence-electron chi connectivity index (χ4n) is 5.60. The average molecular weight is 509 g/mol. The minimum absolute atomic E-state index is 0.0260. The molecule has 2 aromatic rings. The van der Waals surface area contributed by atoms with Crippen molar-refractivity contribution in [3.63, 3.8) is 0 Å². The van der Waals surface area contributed by atoms with Crippen molar-refractivity contribution >= 4 is 34.9 Å². The van der Waals surface area contributed by atoms with Crippen molar-refractivity contribution in [1.29, 1.82) is 0 Å². The zero-order valence-corrected chi connectivity index (χ0v) is 25.4. The summed E-state index contributed by atoms with van der Waals surface area (Å²) in [7, 11) is 0. The summed E-state index contributed by atoms with van der Waals surface area (Å²) in [5.74, 6) is -0.0893. The molecule has 2 aliphatic rings. The quantitative estimate of drug-likeness (QED) is 0.447. The molecule has 0 spiro atoms. The van der Waals surface area contributed by atoms with E-state index in [0.29, 0.717) is 11.1 Å². The van der Waals surface area contributed by atoms with Crippen LogP contribution in [0.25, 0.3) is 23.3 Å². The third-order valence-electron chi connectivity index (χ3n) is 7.71. The molecule has 0 saturated carbocycles. The summed E-state index contributed by atoms with van der Waals surface area (Å²) in [6, 6.07) is 12.9. The molecule has 0 fully saturated rings. The Hall–Kier alpha value is -3.00. The van der Waals surface area contributed by atoms with Gasteiger partial charge in [-0.3, -0.25) is 9.59 Å². The van der Waals surface area contributed by atoms with Gasteiger partial charge in [0.2, 0.25) is 0 Å². The average Bonchev–Trinajstić information content (AvgIpc) is 2.74. The van der Waals surface area contributed by atoms with E-state index in [2.05, 4.69) is 119 Å². The summed E-state index contributed by atoms with van der Waals surface area (Å²) in [5, 5.41) is 3.96. The van der Waals surface area contributed by atoms with Crippen molar-refractivity contribution in [2.45, 2.75) is 93.9 Å². The highest BCUT2D eigenvalue weighted by atomic mass is 16.1. The van der Waals surface area contributed by atoms with E-state index in [4.69, 9.17) is 0 Å². The molecule has 0 amide bonds. The summed E-state index contributed by atoms with van der Waals surface area (Å²) < 4.78 is 0. The van der Waals surface area contributed by atoms with Crippen LogP contribution in [-0.4, -0.2) is 11.6 Å². The minimum Gasteiger partial charge on any atom is -0.289 e. The van der Waals surface area contributed by atoms with E-state index in [0.717, 1.165) is 32.0 Å². The minimum atomic E-state index is -0.374. The highest BCUT2D eigenvalue weighted by Gasteiger charge is 2.35. The first-order valence-corrected chi connectivity index (χ1v) is 13.8. The number of allylic oxidation sites excluding steroid dienone is 2. The molecule has 2 heteroatoms. The molecule has 2 aromatic carbocycles. The molecule has 0 heterocycles. The SMILES string of the molecule is CC(C)(C)C1=c2ccc(C(C)(C)C)cc2=C/C(=C2/C=c3cc(C(C)(C)C)ccc3=C(C(C)(C)C)C2=O)C1=O. The lowest BCUT2D eigenvalue weighted by atomic mass is 9.73. The monoisotopic (exact) mass is 508 g/mol. The molecule has 38 heavy (non-hydrogen) atoms. The lowest BCUT2D eigenvalue weighted by Gasteiger charge is -2.29. The molecule has 0 radical (unpaired) electrons. The molecule has 200 valence electrons. The van der Waals surface area contributed by atoms with Crippen LogP contribution in [0.5, 0.6) is 0 Å². The Balaban J connectivity index is 2.16. The maximum atomic E-state index is 14.2. The normalized spacial score (nSPS) is 18.6. The Labute approximate surface area is 228 Å². The van der Waals surface area contributed by atoms with Gasteiger partial charge in [0, 0.05) is 22.3 Å². The number of rotatable bonds is 0. The van der Waals surface area contributed by atoms with Crippen LogP contribution in [0.4, 0.5) is 0 Å². The number of hydrogen-bond acceptors (Lipinski definition) is 2. The van der Waals surface area contributed by atoms with Gasteiger partial charge in [-0.05, 0) is 65.8 Å². The number of ketones is 2. The summed E-state index contributed by atoms with van der Waals surface area (Å²) in [6.07, 6.45) is 3.93. The second-order valence-electron chi connectivity index (χ2n) is 15.1. The van der Waals surface area contributed by atoms with Gasteiger partial charge in [-0.15, -0.1) is 0 Å². The second-order valence-corrected chi connectivity index (χ2v) is 15.1. The number of carbonyl (C=O) groups excluding carboxylic acids is 2. The molecule has 4 rings (SSSR count). The van der Waals surface area contributed by atoms with Crippen LogP contribution < -0.4 is 20.9 Å². The van der Waals surface area contributed by atoms with E-state index < -0.39 is 0 Å². The van der Waals surface area contributed by atoms with Crippen LogP contribution in [0.3, 0.4) is 0 Å². The van der Waals surface area contributed by atoms with Crippen LogP contribution >= 0.6 is 0 Å². The van der Waals surface area contributed by atoms with E-state index in [-0.39, 0.29) is 33.2 Å². The summed E-state index contributed by atoms with van der Waals surface area (Å²) in [5.41, 5.74) is 4.17. The Morgan fingerprint density at radius 2 is 0.763 bits per heavy atom. The first kappa shape index (κ1) is 28.0. The fourth-order valence-corrected chi connectivity index (χ4v) is 5.60. The number of benzene rings is 2. The molecule has 0 saturated heterocycles. The van der Waals surface area contributed by atoms with Crippen molar-refractivity contribution in [2.24, 2.45) is 10.8 Å². The standard InChI is InChI=1S/C36H44O2/c1-33(2,3)23-13-15-25-21(17-23)19-27(31(37)29(25)35(7,8)9)28-20-22-18-24(34(4,5)6)14-16-26(22)30(32(28)38)36(10,11)12/h13-20H,1-12H3/b28-27+. The van der Waals surface area contributed by atoms with Gasteiger partial charge in [0.25, 0.3) is 0 Å². The van der Waals surface area contributed by atoms with Crippen LogP contribution in [0, 0.1) is 10.8 Å². The van der Waals surface area contributed by atoms with E-state index in [1.165, 1.54) is 11.1 Å².